The lowest BCUT2D eigenvalue weighted by atomic mass is 9.83. The summed E-state index contributed by atoms with van der Waals surface area (Å²) in [6.45, 7) is 3.92. The van der Waals surface area contributed by atoms with Crippen LogP contribution in [0.25, 0.3) is 0 Å². The van der Waals surface area contributed by atoms with Gasteiger partial charge in [-0.05, 0) is 32.4 Å². The third-order valence-electron chi connectivity index (χ3n) is 3.35. The summed E-state index contributed by atoms with van der Waals surface area (Å²) in [6, 6.07) is 0. The Hall–Kier alpha value is -0.610. The summed E-state index contributed by atoms with van der Waals surface area (Å²) >= 11 is 0. The number of carbonyl (C=O) groups is 1. The predicted octanol–water partition coefficient (Wildman–Crippen LogP) is -0.700. The highest BCUT2D eigenvalue weighted by Gasteiger charge is 2.45. The van der Waals surface area contributed by atoms with Gasteiger partial charge in [0.2, 0.25) is 5.91 Å². The maximum Gasteiger partial charge on any atom is 0.238 e. The zero-order valence-electron chi connectivity index (χ0n) is 7.88. The number of primary amides is 1. The molecule has 0 spiro atoms. The molecule has 2 aliphatic heterocycles. The Bertz CT molecular complexity index is 207. The Morgan fingerprint density at radius 1 is 1.31 bits per heavy atom. The average Bonchev–Trinajstić information content (AvgIpc) is 2.02. The summed E-state index contributed by atoms with van der Waals surface area (Å²) in [7, 11) is 0. The van der Waals surface area contributed by atoms with Gasteiger partial charge in [0.25, 0.3) is 0 Å². The molecule has 2 heterocycles. The second-order valence-electron chi connectivity index (χ2n) is 3.99. The van der Waals surface area contributed by atoms with Gasteiger partial charge < -0.3 is 11.1 Å². The monoisotopic (exact) mass is 183 g/mol. The van der Waals surface area contributed by atoms with Crippen LogP contribution in [0.1, 0.15) is 19.3 Å². The predicted molar refractivity (Wildman–Crippen MR) is 50.2 cm³/mol. The van der Waals surface area contributed by atoms with Gasteiger partial charge in [-0.3, -0.25) is 9.69 Å². The van der Waals surface area contributed by atoms with Crippen LogP contribution in [0, 0.1) is 0 Å². The molecule has 13 heavy (non-hydrogen) atoms. The number of rotatable bonds is 2. The molecule has 0 saturated carbocycles. The van der Waals surface area contributed by atoms with Gasteiger partial charge in [0, 0.05) is 13.1 Å². The zero-order valence-corrected chi connectivity index (χ0v) is 7.88. The molecule has 2 fully saturated rings. The minimum atomic E-state index is -0.316. The first kappa shape index (κ1) is 8.97. The summed E-state index contributed by atoms with van der Waals surface area (Å²) < 4.78 is 0. The highest BCUT2D eigenvalue weighted by molar-refractivity contribution is 5.85. The number of nitrogens with zero attached hydrogens (tertiary/aromatic N) is 1. The van der Waals surface area contributed by atoms with Crippen molar-refractivity contribution in [3.05, 3.63) is 0 Å². The molecule has 2 rings (SSSR count). The van der Waals surface area contributed by atoms with E-state index in [9.17, 15) is 4.79 Å². The molecule has 0 aromatic carbocycles. The largest absolute Gasteiger partial charge is 0.368 e. The van der Waals surface area contributed by atoms with E-state index in [1.807, 2.05) is 0 Å². The summed E-state index contributed by atoms with van der Waals surface area (Å²) in [5.74, 6) is -0.131. The lowest BCUT2D eigenvalue weighted by Crippen LogP contribution is -2.65. The summed E-state index contributed by atoms with van der Waals surface area (Å²) in [4.78, 5) is 13.7. The van der Waals surface area contributed by atoms with Gasteiger partial charge in [0.15, 0.2) is 0 Å². The molecular formula is C9H17N3O. The first-order chi connectivity index (χ1) is 6.26. The van der Waals surface area contributed by atoms with Crippen molar-refractivity contribution in [1.82, 2.24) is 10.2 Å². The highest BCUT2D eigenvalue weighted by atomic mass is 16.1. The molecular weight excluding hydrogens is 166 g/mol. The quantitative estimate of drug-likeness (QED) is 0.595. The number of amides is 1. The number of likely N-dealkylation sites (tertiary alicyclic amines) is 1. The lowest BCUT2D eigenvalue weighted by Gasteiger charge is -2.48. The fourth-order valence-electron chi connectivity index (χ4n) is 2.30. The first-order valence-corrected chi connectivity index (χ1v) is 5.01. The summed E-state index contributed by atoms with van der Waals surface area (Å²) in [6.07, 6.45) is 2.97. The molecule has 1 amide bonds. The average molecular weight is 183 g/mol. The number of hydrogen-bond acceptors (Lipinski definition) is 3. The topological polar surface area (TPSA) is 58.4 Å². The number of hydrogen-bond donors (Lipinski definition) is 2. The van der Waals surface area contributed by atoms with E-state index in [-0.39, 0.29) is 11.4 Å². The summed E-state index contributed by atoms with van der Waals surface area (Å²) in [5, 5.41) is 3.26. The normalized spacial score (nSPS) is 28.0. The van der Waals surface area contributed by atoms with Crippen LogP contribution >= 0.6 is 0 Å². The van der Waals surface area contributed by atoms with Crippen molar-refractivity contribution in [2.24, 2.45) is 5.73 Å². The number of nitrogens with one attached hydrogen (secondary N) is 1. The van der Waals surface area contributed by atoms with Crippen molar-refractivity contribution in [1.29, 1.82) is 0 Å². The van der Waals surface area contributed by atoms with Crippen LogP contribution < -0.4 is 11.1 Å². The maximum atomic E-state index is 11.5. The second kappa shape index (κ2) is 3.27. The minimum absolute atomic E-state index is 0.131. The Balaban J connectivity index is 2.12. The van der Waals surface area contributed by atoms with E-state index in [2.05, 4.69) is 10.2 Å². The molecule has 4 heteroatoms. The molecule has 2 aliphatic rings. The minimum Gasteiger partial charge on any atom is -0.368 e. The summed E-state index contributed by atoms with van der Waals surface area (Å²) in [5.41, 5.74) is 5.19. The Labute approximate surface area is 78.5 Å². The molecule has 0 aliphatic carbocycles. The number of piperidine rings is 1. The maximum absolute atomic E-state index is 11.5. The van der Waals surface area contributed by atoms with E-state index in [1.165, 1.54) is 6.42 Å². The molecule has 0 aromatic rings. The fraction of sp³-hybridized carbons (Fsp3) is 0.889. The van der Waals surface area contributed by atoms with Crippen LogP contribution in [0.3, 0.4) is 0 Å². The third kappa shape index (κ3) is 1.34. The van der Waals surface area contributed by atoms with Gasteiger partial charge >= 0.3 is 0 Å². The van der Waals surface area contributed by atoms with Crippen LogP contribution in [0.15, 0.2) is 0 Å². The first-order valence-electron chi connectivity index (χ1n) is 5.01. The van der Waals surface area contributed by atoms with Crippen molar-refractivity contribution in [3.8, 4) is 0 Å². The van der Waals surface area contributed by atoms with Gasteiger partial charge in [-0.2, -0.15) is 0 Å². The van der Waals surface area contributed by atoms with Crippen LogP contribution in [-0.4, -0.2) is 42.5 Å². The van der Waals surface area contributed by atoms with E-state index in [1.54, 1.807) is 0 Å². The van der Waals surface area contributed by atoms with E-state index >= 15 is 0 Å². The Kier molecular flexibility index (Phi) is 2.26. The van der Waals surface area contributed by atoms with Crippen LogP contribution in [0.2, 0.25) is 0 Å². The lowest BCUT2D eigenvalue weighted by molar-refractivity contribution is -0.135. The van der Waals surface area contributed by atoms with Crippen molar-refractivity contribution < 1.29 is 4.79 Å². The molecule has 74 valence electrons. The van der Waals surface area contributed by atoms with E-state index < -0.39 is 0 Å². The van der Waals surface area contributed by atoms with Gasteiger partial charge in [0.1, 0.15) is 5.54 Å². The number of carbonyl (C=O) groups excluding carboxylic acids is 1. The van der Waals surface area contributed by atoms with E-state index in [0.29, 0.717) is 0 Å². The Morgan fingerprint density at radius 2 is 1.92 bits per heavy atom. The van der Waals surface area contributed by atoms with Crippen molar-refractivity contribution >= 4 is 5.91 Å². The molecule has 0 bridgehead atoms. The third-order valence-corrected chi connectivity index (χ3v) is 3.35. The zero-order chi connectivity index (χ0) is 9.31. The van der Waals surface area contributed by atoms with Crippen molar-refractivity contribution in [3.63, 3.8) is 0 Å². The van der Waals surface area contributed by atoms with Crippen molar-refractivity contribution in [2.75, 3.05) is 26.2 Å². The molecule has 2 saturated heterocycles. The highest BCUT2D eigenvalue weighted by Crippen LogP contribution is 2.30. The standard InChI is InChI=1S/C9H17N3O/c10-8(13)9(12-6-1-7-12)2-4-11-5-3-9/h11H,1-7H2,(H2,10,13). The molecule has 0 unspecified atom stereocenters. The molecule has 0 radical (unpaired) electrons. The fourth-order valence-corrected chi connectivity index (χ4v) is 2.30. The molecule has 0 atom stereocenters. The SMILES string of the molecule is NC(=O)C1(N2CCC2)CCNCC1. The van der Waals surface area contributed by atoms with Gasteiger partial charge in [-0.1, -0.05) is 0 Å². The number of nitrogens with two attached hydrogens (primary N) is 1. The van der Waals surface area contributed by atoms with Gasteiger partial charge in [0.05, 0.1) is 0 Å². The van der Waals surface area contributed by atoms with Crippen LogP contribution in [0.5, 0.6) is 0 Å². The van der Waals surface area contributed by atoms with Gasteiger partial charge in [-0.15, -0.1) is 0 Å². The second-order valence-corrected chi connectivity index (χ2v) is 3.99. The van der Waals surface area contributed by atoms with E-state index in [0.717, 1.165) is 39.0 Å². The van der Waals surface area contributed by atoms with Crippen LogP contribution in [0.4, 0.5) is 0 Å². The molecule has 3 N–H and O–H groups in total. The molecule has 0 aromatic heterocycles. The van der Waals surface area contributed by atoms with Gasteiger partial charge in [-0.25, -0.2) is 0 Å². The van der Waals surface area contributed by atoms with Crippen LogP contribution in [-0.2, 0) is 4.79 Å². The van der Waals surface area contributed by atoms with E-state index in [4.69, 9.17) is 5.73 Å². The molecule has 4 nitrogen and oxygen atoms in total. The smallest absolute Gasteiger partial charge is 0.238 e. The van der Waals surface area contributed by atoms with Crippen molar-refractivity contribution in [2.45, 2.75) is 24.8 Å². The Morgan fingerprint density at radius 3 is 2.31 bits per heavy atom.